The van der Waals surface area contributed by atoms with E-state index in [9.17, 15) is 0 Å². The summed E-state index contributed by atoms with van der Waals surface area (Å²) in [6, 6.07) is 12.4. The molecule has 6 rings (SSSR count). The Labute approximate surface area is 254 Å². The Morgan fingerprint density at radius 2 is 1.81 bits per heavy atom. The first-order chi connectivity index (χ1) is 20.4. The first kappa shape index (κ1) is 28.3. The molecule has 0 saturated carbocycles. The molecular weight excluding hydrogens is 613 g/mol. The highest BCUT2D eigenvalue weighted by molar-refractivity contribution is 9.10. The molecule has 1 fully saturated rings. The van der Waals surface area contributed by atoms with Gasteiger partial charge in [-0.1, -0.05) is 26.1 Å². The second-order valence-corrected chi connectivity index (χ2v) is 13.4. The van der Waals surface area contributed by atoms with E-state index in [2.05, 4.69) is 84.5 Å². The number of hydrogen-bond donors (Lipinski definition) is 3. The number of benzene rings is 2. The molecule has 42 heavy (non-hydrogen) atoms. The minimum absolute atomic E-state index is 0.417. The summed E-state index contributed by atoms with van der Waals surface area (Å²) in [4.78, 5) is 16.5. The van der Waals surface area contributed by atoms with E-state index in [1.807, 2.05) is 42.5 Å². The molecule has 1 saturated heterocycles. The zero-order valence-corrected chi connectivity index (χ0v) is 26.5. The molecule has 1 aliphatic heterocycles. The van der Waals surface area contributed by atoms with E-state index in [4.69, 9.17) is 14.7 Å². The minimum atomic E-state index is -0.417. The summed E-state index contributed by atoms with van der Waals surface area (Å²) >= 11 is 3.64. The predicted octanol–water partition coefficient (Wildman–Crippen LogP) is 5.46. The molecule has 216 valence electrons. The van der Waals surface area contributed by atoms with E-state index in [1.165, 1.54) is 5.30 Å². The number of nitrogens with zero attached hydrogens (tertiary/aromatic N) is 6. The lowest BCUT2D eigenvalue weighted by Crippen LogP contribution is -2.43. The Morgan fingerprint density at radius 1 is 1.00 bits per heavy atom. The molecule has 0 spiro atoms. The third-order valence-corrected chi connectivity index (χ3v) is 9.19. The van der Waals surface area contributed by atoms with Crippen molar-refractivity contribution < 1.29 is 4.74 Å². The number of anilines is 5. The molecule has 12 heteroatoms. The summed E-state index contributed by atoms with van der Waals surface area (Å²) in [5.41, 5.74) is 5.89. The zero-order chi connectivity index (χ0) is 29.2. The van der Waals surface area contributed by atoms with Crippen LogP contribution in [0.25, 0.3) is 22.0 Å². The highest BCUT2D eigenvalue weighted by Crippen LogP contribution is 2.41. The number of rotatable bonds is 8. The fourth-order valence-electron chi connectivity index (χ4n) is 5.26. The lowest BCUT2D eigenvalue weighted by atomic mass is 10.0. The number of hydrogen-bond acceptors (Lipinski definition) is 9. The minimum Gasteiger partial charge on any atom is -0.494 e. The van der Waals surface area contributed by atoms with Gasteiger partial charge in [0.25, 0.3) is 0 Å². The van der Waals surface area contributed by atoms with Crippen LogP contribution in [0, 0.1) is 0 Å². The summed E-state index contributed by atoms with van der Waals surface area (Å²) in [6.07, 6.45) is 7.55. The Bertz CT molecular complexity index is 1740. The highest BCUT2D eigenvalue weighted by Gasteiger charge is 2.21. The van der Waals surface area contributed by atoms with Crippen molar-refractivity contribution in [2.75, 3.05) is 62.2 Å². The van der Waals surface area contributed by atoms with Gasteiger partial charge in [0.1, 0.15) is 11.6 Å². The van der Waals surface area contributed by atoms with Crippen LogP contribution >= 0.6 is 23.9 Å². The van der Waals surface area contributed by atoms with Gasteiger partial charge in [0, 0.05) is 79.2 Å². The number of para-hydroxylation sites is 1. The van der Waals surface area contributed by atoms with Crippen LogP contribution < -0.4 is 30.9 Å². The molecule has 5 aromatic rings. The van der Waals surface area contributed by atoms with Crippen molar-refractivity contribution in [1.82, 2.24) is 30.0 Å². The maximum Gasteiger partial charge on any atom is 0.229 e. The van der Waals surface area contributed by atoms with E-state index in [-0.39, 0.29) is 0 Å². The van der Waals surface area contributed by atoms with Crippen molar-refractivity contribution in [2.24, 2.45) is 7.05 Å². The molecular formula is C30H33BrN9OP. The number of aryl methyl sites for hydroxylation is 1. The molecule has 0 aliphatic carbocycles. The Hall–Kier alpha value is -3.79. The average molecular weight is 647 g/mol. The lowest BCUT2D eigenvalue weighted by molar-refractivity contribution is 0.416. The monoisotopic (exact) mass is 645 g/mol. The highest BCUT2D eigenvalue weighted by atomic mass is 79.9. The number of halogens is 1. The van der Waals surface area contributed by atoms with Gasteiger partial charge < -0.3 is 25.6 Å². The van der Waals surface area contributed by atoms with Gasteiger partial charge in [-0.25, -0.2) is 4.98 Å². The van der Waals surface area contributed by atoms with Crippen LogP contribution in [0.5, 0.6) is 5.75 Å². The van der Waals surface area contributed by atoms with Gasteiger partial charge in [-0.3, -0.25) is 9.67 Å². The number of ether oxygens (including phenoxy) is 1. The Morgan fingerprint density at radius 3 is 2.55 bits per heavy atom. The quantitative estimate of drug-likeness (QED) is 0.190. The van der Waals surface area contributed by atoms with E-state index in [0.717, 1.165) is 69.7 Å². The van der Waals surface area contributed by atoms with Crippen molar-refractivity contribution in [3.05, 3.63) is 65.7 Å². The second-order valence-electron chi connectivity index (χ2n) is 10.3. The molecule has 0 bridgehead atoms. The van der Waals surface area contributed by atoms with E-state index in [1.54, 1.807) is 13.3 Å². The fourth-order valence-corrected chi connectivity index (χ4v) is 6.81. The van der Waals surface area contributed by atoms with E-state index in [0.29, 0.717) is 17.5 Å². The number of pyridine rings is 1. The zero-order valence-electron chi connectivity index (χ0n) is 24.0. The standard InChI is InChI=1S/C30H33BrN9OP/c1-39-18-19(15-35-39)21-13-24(27(41-2)14-26(21)40-11-9-32-10-12-40)37-30-34-16-22(31)29(38-30)36-25-17-33-23-8-6-5-7-20(23)28(25)42(3)4/h5-8,13-18,32H,9-12H2,1-4H3,(H2,34,36,37,38). The number of aromatic nitrogens is 5. The lowest BCUT2D eigenvalue weighted by Gasteiger charge is -2.31. The van der Waals surface area contributed by atoms with Crippen molar-refractivity contribution in [3.8, 4) is 16.9 Å². The fraction of sp³-hybridized carbons (Fsp3) is 0.267. The number of nitrogens with one attached hydrogen (secondary N) is 3. The van der Waals surface area contributed by atoms with Crippen molar-refractivity contribution in [1.29, 1.82) is 0 Å². The first-order valence-electron chi connectivity index (χ1n) is 13.7. The van der Waals surface area contributed by atoms with Gasteiger partial charge in [0.05, 0.1) is 40.9 Å². The summed E-state index contributed by atoms with van der Waals surface area (Å²) < 4.78 is 8.43. The normalized spacial score (nSPS) is 13.5. The number of methoxy groups -OCH3 is 1. The molecule has 3 aromatic heterocycles. The molecule has 0 atom stereocenters. The van der Waals surface area contributed by atoms with Crippen LogP contribution in [0.4, 0.5) is 28.8 Å². The van der Waals surface area contributed by atoms with Crippen molar-refractivity contribution >= 4 is 68.9 Å². The largest absolute Gasteiger partial charge is 0.494 e. The second kappa shape index (κ2) is 12.2. The first-order valence-corrected chi connectivity index (χ1v) is 16.7. The van der Waals surface area contributed by atoms with E-state index >= 15 is 0 Å². The van der Waals surface area contributed by atoms with Gasteiger partial charge in [0.15, 0.2) is 0 Å². The van der Waals surface area contributed by atoms with Gasteiger partial charge in [-0.15, -0.1) is 0 Å². The Balaban J connectivity index is 1.37. The van der Waals surface area contributed by atoms with Crippen LogP contribution in [0.2, 0.25) is 0 Å². The maximum atomic E-state index is 5.87. The summed E-state index contributed by atoms with van der Waals surface area (Å²) in [5.74, 6) is 1.80. The molecule has 0 radical (unpaired) electrons. The van der Waals surface area contributed by atoms with Gasteiger partial charge in [-0.2, -0.15) is 10.1 Å². The van der Waals surface area contributed by atoms with Crippen LogP contribution in [-0.2, 0) is 7.05 Å². The predicted molar refractivity (Wildman–Crippen MR) is 177 cm³/mol. The average Bonchev–Trinajstić information content (AvgIpc) is 3.44. The summed E-state index contributed by atoms with van der Waals surface area (Å²) in [6.45, 7) is 8.20. The van der Waals surface area contributed by atoms with Crippen LogP contribution in [0.15, 0.2) is 65.7 Å². The topological polar surface area (TPSA) is 105 Å². The van der Waals surface area contributed by atoms with Crippen molar-refractivity contribution in [3.63, 3.8) is 0 Å². The Kier molecular flexibility index (Phi) is 8.24. The molecule has 0 amide bonds. The molecule has 1 aliphatic rings. The third kappa shape index (κ3) is 5.77. The third-order valence-electron chi connectivity index (χ3n) is 7.23. The molecule has 0 unspecified atom stereocenters. The molecule has 3 N–H and O–H groups in total. The maximum absolute atomic E-state index is 5.87. The molecule has 2 aromatic carbocycles. The van der Waals surface area contributed by atoms with Crippen molar-refractivity contribution in [2.45, 2.75) is 0 Å². The molecule has 10 nitrogen and oxygen atoms in total. The van der Waals surface area contributed by atoms with Crippen LogP contribution in [-0.4, -0.2) is 71.4 Å². The van der Waals surface area contributed by atoms with Gasteiger partial charge in [-0.05, 0) is 41.4 Å². The van der Waals surface area contributed by atoms with E-state index < -0.39 is 7.92 Å². The van der Waals surface area contributed by atoms with Gasteiger partial charge >= 0.3 is 0 Å². The smallest absolute Gasteiger partial charge is 0.229 e. The van der Waals surface area contributed by atoms with Crippen LogP contribution in [0.1, 0.15) is 0 Å². The summed E-state index contributed by atoms with van der Waals surface area (Å²) in [7, 11) is 3.19. The SMILES string of the molecule is COc1cc(N2CCNCC2)c(-c2cnn(C)c2)cc1Nc1ncc(Br)c(Nc2cnc3ccccc3c2P(C)C)n1. The number of fused-ring (bicyclic) bond motifs is 1. The van der Waals surface area contributed by atoms with Gasteiger partial charge in [0.2, 0.25) is 5.95 Å². The number of piperazine rings is 1. The molecule has 4 heterocycles. The van der Waals surface area contributed by atoms with Crippen LogP contribution in [0.3, 0.4) is 0 Å². The summed E-state index contributed by atoms with van der Waals surface area (Å²) in [5, 5.41) is 17.2.